The molecule has 0 spiro atoms. The molecule has 0 unspecified atom stereocenters. The molecular formula is C11H10N2O4S2. The third-order valence-corrected chi connectivity index (χ3v) is 5.12. The number of aromatic carboxylic acids is 1. The van der Waals surface area contributed by atoms with Crippen molar-refractivity contribution in [2.45, 2.75) is 10.8 Å². The number of aromatic nitrogens is 1. The van der Waals surface area contributed by atoms with E-state index in [2.05, 4.69) is 9.71 Å². The van der Waals surface area contributed by atoms with E-state index in [4.69, 9.17) is 5.11 Å². The summed E-state index contributed by atoms with van der Waals surface area (Å²) in [5.41, 5.74) is 0.688. The molecule has 0 saturated heterocycles. The van der Waals surface area contributed by atoms with Crippen LogP contribution < -0.4 is 4.72 Å². The highest BCUT2D eigenvalue weighted by molar-refractivity contribution is 7.91. The van der Waals surface area contributed by atoms with Crippen molar-refractivity contribution in [1.82, 2.24) is 9.71 Å². The Hall–Kier alpha value is -1.77. The largest absolute Gasteiger partial charge is 0.478 e. The third kappa shape index (κ3) is 3.37. The van der Waals surface area contributed by atoms with E-state index in [0.717, 1.165) is 23.0 Å². The quantitative estimate of drug-likeness (QED) is 0.867. The minimum atomic E-state index is -3.69. The Balaban J connectivity index is 2.12. The molecule has 0 aliphatic carbocycles. The predicted molar refractivity (Wildman–Crippen MR) is 69.5 cm³/mol. The maximum atomic E-state index is 11.9. The first kappa shape index (κ1) is 13.7. The topological polar surface area (TPSA) is 96.4 Å². The van der Waals surface area contributed by atoms with Gasteiger partial charge >= 0.3 is 5.97 Å². The lowest BCUT2D eigenvalue weighted by Gasteiger charge is -2.03. The van der Waals surface area contributed by atoms with Gasteiger partial charge in [-0.05, 0) is 17.7 Å². The van der Waals surface area contributed by atoms with Crippen molar-refractivity contribution in [1.29, 1.82) is 0 Å². The van der Waals surface area contributed by atoms with Crippen LogP contribution in [0.15, 0.2) is 40.2 Å². The van der Waals surface area contributed by atoms with E-state index in [0.29, 0.717) is 0 Å². The number of carboxylic acids is 1. The number of nitrogens with one attached hydrogen (secondary N) is 1. The van der Waals surface area contributed by atoms with Crippen molar-refractivity contribution in [2.75, 3.05) is 0 Å². The molecule has 2 aromatic rings. The molecule has 0 saturated carbocycles. The Bertz CT molecular complexity index is 680. The van der Waals surface area contributed by atoms with Crippen molar-refractivity contribution < 1.29 is 18.3 Å². The molecule has 0 bridgehead atoms. The van der Waals surface area contributed by atoms with Crippen LogP contribution in [0.2, 0.25) is 0 Å². The Morgan fingerprint density at radius 3 is 2.84 bits per heavy atom. The van der Waals surface area contributed by atoms with Crippen LogP contribution >= 0.6 is 11.3 Å². The van der Waals surface area contributed by atoms with Gasteiger partial charge in [0.05, 0.1) is 5.56 Å². The number of nitrogens with zero attached hydrogens (tertiary/aromatic N) is 1. The minimum absolute atomic E-state index is 0.0196. The molecule has 8 heteroatoms. The molecule has 0 aromatic carbocycles. The molecule has 6 nitrogen and oxygen atoms in total. The van der Waals surface area contributed by atoms with Gasteiger partial charge in [-0.2, -0.15) is 0 Å². The fourth-order valence-corrected chi connectivity index (χ4v) is 3.54. The van der Waals surface area contributed by atoms with Crippen molar-refractivity contribution in [3.8, 4) is 0 Å². The summed E-state index contributed by atoms with van der Waals surface area (Å²) in [5.74, 6) is -1.15. The number of thiophene rings is 1. The van der Waals surface area contributed by atoms with Gasteiger partial charge in [0.25, 0.3) is 0 Å². The van der Waals surface area contributed by atoms with E-state index in [-0.39, 0.29) is 16.3 Å². The summed E-state index contributed by atoms with van der Waals surface area (Å²) in [5, 5.41) is 10.0. The zero-order valence-electron chi connectivity index (χ0n) is 9.61. The number of hydrogen-bond acceptors (Lipinski definition) is 5. The van der Waals surface area contributed by atoms with Crippen molar-refractivity contribution in [2.24, 2.45) is 0 Å². The number of carbonyl (C=O) groups is 1. The number of rotatable bonds is 5. The van der Waals surface area contributed by atoms with Crippen molar-refractivity contribution >= 4 is 27.3 Å². The molecule has 2 heterocycles. The zero-order chi connectivity index (χ0) is 13.9. The van der Waals surface area contributed by atoms with Gasteiger partial charge in [-0.3, -0.25) is 4.98 Å². The zero-order valence-corrected chi connectivity index (χ0v) is 11.2. The predicted octanol–water partition coefficient (Wildman–Crippen LogP) is 1.32. The Morgan fingerprint density at radius 2 is 2.26 bits per heavy atom. The monoisotopic (exact) mass is 298 g/mol. The standard InChI is InChI=1S/C11H10N2O4S2/c14-11(15)9-4-10(18-7-9)19(16,17)13-6-8-2-1-3-12-5-8/h1-5,7,13H,6H2,(H,14,15). The van der Waals surface area contributed by atoms with Crippen LogP contribution in [0.25, 0.3) is 0 Å². The summed E-state index contributed by atoms with van der Waals surface area (Å²) in [6.45, 7) is 0.108. The van der Waals surface area contributed by atoms with Crippen LogP contribution in [-0.2, 0) is 16.6 Å². The van der Waals surface area contributed by atoms with E-state index in [1.54, 1.807) is 24.5 Å². The van der Waals surface area contributed by atoms with Gasteiger partial charge in [-0.15, -0.1) is 11.3 Å². The molecule has 0 fully saturated rings. The van der Waals surface area contributed by atoms with Crippen LogP contribution in [-0.4, -0.2) is 24.5 Å². The van der Waals surface area contributed by atoms with Gasteiger partial charge in [-0.1, -0.05) is 6.07 Å². The smallest absolute Gasteiger partial charge is 0.336 e. The lowest BCUT2D eigenvalue weighted by Crippen LogP contribution is -2.22. The third-order valence-electron chi connectivity index (χ3n) is 2.28. The lowest BCUT2D eigenvalue weighted by atomic mass is 10.3. The highest BCUT2D eigenvalue weighted by atomic mass is 32.2. The lowest BCUT2D eigenvalue weighted by molar-refractivity contribution is 0.0697. The molecule has 19 heavy (non-hydrogen) atoms. The van der Waals surface area contributed by atoms with Gasteiger partial charge in [0.1, 0.15) is 4.21 Å². The highest BCUT2D eigenvalue weighted by Crippen LogP contribution is 2.20. The Labute approximate surface area is 113 Å². The van der Waals surface area contributed by atoms with Crippen molar-refractivity contribution in [3.63, 3.8) is 0 Å². The molecular weight excluding hydrogens is 288 g/mol. The summed E-state index contributed by atoms with van der Waals surface area (Å²) in [7, 11) is -3.69. The summed E-state index contributed by atoms with van der Waals surface area (Å²) in [6.07, 6.45) is 3.15. The molecule has 100 valence electrons. The van der Waals surface area contributed by atoms with E-state index < -0.39 is 16.0 Å². The molecule has 2 rings (SSSR count). The highest BCUT2D eigenvalue weighted by Gasteiger charge is 2.18. The first-order valence-electron chi connectivity index (χ1n) is 5.19. The van der Waals surface area contributed by atoms with Crippen LogP contribution in [0.4, 0.5) is 0 Å². The van der Waals surface area contributed by atoms with Crippen molar-refractivity contribution in [3.05, 3.63) is 47.1 Å². The average molecular weight is 298 g/mol. The minimum Gasteiger partial charge on any atom is -0.478 e. The van der Waals surface area contributed by atoms with E-state index in [1.165, 1.54) is 5.38 Å². The normalized spacial score (nSPS) is 11.4. The van der Waals surface area contributed by atoms with Crippen LogP contribution in [0.5, 0.6) is 0 Å². The molecule has 0 aliphatic rings. The van der Waals surface area contributed by atoms with Gasteiger partial charge in [0.2, 0.25) is 10.0 Å². The second kappa shape index (κ2) is 5.47. The molecule has 0 aliphatic heterocycles. The maximum absolute atomic E-state index is 11.9. The molecule has 2 aromatic heterocycles. The fourth-order valence-electron chi connectivity index (χ4n) is 1.32. The summed E-state index contributed by atoms with van der Waals surface area (Å²) < 4.78 is 26.2. The van der Waals surface area contributed by atoms with Gasteiger partial charge in [0.15, 0.2) is 0 Å². The number of pyridine rings is 1. The second-order valence-corrected chi connectivity index (χ2v) is 6.55. The average Bonchev–Trinajstić information content (AvgIpc) is 2.88. The van der Waals surface area contributed by atoms with Crippen LogP contribution in [0, 0.1) is 0 Å². The Morgan fingerprint density at radius 1 is 1.47 bits per heavy atom. The first-order chi connectivity index (χ1) is 8.99. The molecule has 0 amide bonds. The van der Waals surface area contributed by atoms with E-state index in [9.17, 15) is 13.2 Å². The maximum Gasteiger partial charge on any atom is 0.336 e. The van der Waals surface area contributed by atoms with Gasteiger partial charge in [-0.25, -0.2) is 17.9 Å². The number of carboxylic acid groups (broad SMARTS) is 1. The number of sulfonamides is 1. The van der Waals surface area contributed by atoms with Crippen LogP contribution in [0.3, 0.4) is 0 Å². The SMILES string of the molecule is O=C(O)c1csc(S(=O)(=O)NCc2cccnc2)c1. The first-order valence-corrected chi connectivity index (χ1v) is 7.56. The van der Waals surface area contributed by atoms with Gasteiger partial charge < -0.3 is 5.11 Å². The Kier molecular flexibility index (Phi) is 3.93. The molecule has 2 N–H and O–H groups in total. The summed E-state index contributed by atoms with van der Waals surface area (Å²) in [6, 6.07) is 4.59. The van der Waals surface area contributed by atoms with Gasteiger partial charge in [0, 0.05) is 24.3 Å². The summed E-state index contributed by atoms with van der Waals surface area (Å²) in [4.78, 5) is 14.6. The second-order valence-electron chi connectivity index (χ2n) is 3.65. The summed E-state index contributed by atoms with van der Waals surface area (Å²) >= 11 is 0.873. The van der Waals surface area contributed by atoms with E-state index >= 15 is 0 Å². The number of hydrogen-bond donors (Lipinski definition) is 2. The van der Waals surface area contributed by atoms with Crippen LogP contribution in [0.1, 0.15) is 15.9 Å². The molecule has 0 radical (unpaired) electrons. The molecule has 0 atom stereocenters. The fraction of sp³-hybridized carbons (Fsp3) is 0.0909. The van der Waals surface area contributed by atoms with E-state index in [1.807, 2.05) is 0 Å².